The standard InChI is InChI=1S/C24H47N12O4.Y/c1-2-19(38)35-17(7-4-11-32-23(27)28)14-21(40)36-18(8-5-12-33-24(29)30)15-20(39)34-16(9-13-37)6-3-10-31-22(25)26;/h16-18H,2-12,14-15H2,1H3,(H,34,39)(H,35,38)(H,36,40)(H4,25,26,31)(H4,27,28,32)(H4,29,30,33);/q-1;/t16-,17-,18-;/m0./s1. The Labute approximate surface area is 267 Å². The van der Waals surface area contributed by atoms with Gasteiger partial charge in [0.2, 0.25) is 17.7 Å². The van der Waals surface area contributed by atoms with Crippen molar-refractivity contribution in [2.75, 3.05) is 19.6 Å². The van der Waals surface area contributed by atoms with Crippen LogP contribution < -0.4 is 50.4 Å². The van der Waals surface area contributed by atoms with Crippen LogP contribution in [0.5, 0.6) is 0 Å². The molecule has 3 amide bonds. The van der Waals surface area contributed by atoms with Crippen molar-refractivity contribution in [2.45, 2.75) is 89.3 Å². The van der Waals surface area contributed by atoms with Crippen molar-refractivity contribution in [3.8, 4) is 0 Å². The normalized spacial score (nSPS) is 12.3. The Morgan fingerprint density at radius 3 is 1.32 bits per heavy atom. The maximum atomic E-state index is 12.9. The van der Waals surface area contributed by atoms with Gasteiger partial charge in [-0.25, -0.2) is 0 Å². The molecule has 16 nitrogen and oxygen atoms in total. The van der Waals surface area contributed by atoms with Gasteiger partial charge in [0.25, 0.3) is 0 Å². The quantitative estimate of drug-likeness (QED) is 0.0251. The van der Waals surface area contributed by atoms with Crippen LogP contribution in [0.25, 0.3) is 0 Å². The third-order valence-electron chi connectivity index (χ3n) is 5.63. The topological polar surface area (TPSA) is 298 Å². The Morgan fingerprint density at radius 1 is 0.634 bits per heavy atom. The van der Waals surface area contributed by atoms with Crippen molar-refractivity contribution in [2.24, 2.45) is 49.4 Å². The van der Waals surface area contributed by atoms with E-state index in [4.69, 9.17) is 34.4 Å². The first-order valence-corrected chi connectivity index (χ1v) is 13.4. The number of hydrogen-bond acceptors (Lipinski definition) is 7. The number of aliphatic imine (C=N–C) groups is 3. The van der Waals surface area contributed by atoms with Gasteiger partial charge in [-0.15, -0.1) is 6.42 Å². The van der Waals surface area contributed by atoms with Crippen LogP contribution in [0, 0.1) is 0 Å². The Hall–Kier alpha value is -3.01. The van der Waals surface area contributed by atoms with Gasteiger partial charge in [0.1, 0.15) is 0 Å². The largest absolute Gasteiger partial charge is 0.542 e. The molecule has 0 spiro atoms. The molecule has 0 rings (SSSR count). The summed E-state index contributed by atoms with van der Waals surface area (Å²) >= 11 is 0. The van der Waals surface area contributed by atoms with Gasteiger partial charge in [0.15, 0.2) is 17.9 Å². The van der Waals surface area contributed by atoms with Crippen LogP contribution in [-0.4, -0.2) is 79.6 Å². The van der Waals surface area contributed by atoms with E-state index < -0.39 is 18.1 Å². The zero-order valence-corrected chi connectivity index (χ0v) is 26.8. The van der Waals surface area contributed by atoms with Gasteiger partial charge < -0.3 is 55.1 Å². The smallest absolute Gasteiger partial charge is 0.222 e. The molecule has 3 atom stereocenters. The first kappa shape index (κ1) is 40.1. The molecule has 0 heterocycles. The minimum atomic E-state index is -0.534. The van der Waals surface area contributed by atoms with Crippen molar-refractivity contribution in [1.29, 1.82) is 0 Å². The molecule has 0 aliphatic heterocycles. The molecule has 0 bridgehead atoms. The molecular weight excluding hydrogens is 609 g/mol. The van der Waals surface area contributed by atoms with Crippen LogP contribution in [0.15, 0.2) is 15.0 Å². The van der Waals surface area contributed by atoms with Crippen molar-refractivity contribution in [3.63, 3.8) is 0 Å². The summed E-state index contributed by atoms with van der Waals surface area (Å²) in [5.41, 5.74) is 32.1. The van der Waals surface area contributed by atoms with Gasteiger partial charge in [0.05, 0.1) is 0 Å². The molecule has 231 valence electrons. The molecule has 0 saturated carbocycles. The number of hydrogen-bond donors (Lipinski definition) is 9. The molecule has 0 aliphatic rings. The van der Waals surface area contributed by atoms with Crippen LogP contribution in [0.4, 0.5) is 0 Å². The second-order valence-corrected chi connectivity index (χ2v) is 9.25. The number of amides is 3. The predicted molar refractivity (Wildman–Crippen MR) is 155 cm³/mol. The molecule has 15 N–H and O–H groups in total. The summed E-state index contributed by atoms with van der Waals surface area (Å²) in [6, 6.07) is -1.42. The molecular formula is C24H47N12O4Y-. The van der Waals surface area contributed by atoms with E-state index in [1.807, 2.05) is 6.29 Å². The average molecular weight is 657 g/mol. The zero-order chi connectivity index (χ0) is 30.3. The Bertz CT molecular complexity index is 873. The van der Waals surface area contributed by atoms with Crippen molar-refractivity contribution < 1.29 is 51.9 Å². The maximum Gasteiger partial charge on any atom is 0.222 e. The van der Waals surface area contributed by atoms with Crippen LogP contribution in [-0.2, 0) is 51.9 Å². The summed E-state index contributed by atoms with van der Waals surface area (Å²) < 4.78 is 0. The van der Waals surface area contributed by atoms with E-state index in [9.17, 15) is 19.2 Å². The van der Waals surface area contributed by atoms with Gasteiger partial charge in [-0.05, 0) is 38.5 Å². The van der Waals surface area contributed by atoms with E-state index in [1.54, 1.807) is 6.92 Å². The SMILES string of the molecule is CCC(=O)N[C@@H](CCCN=C(N)N)CC(=O)N[C@@H](CCCN=C(N)N)CC(=O)N[C@H](C[C-]=O)CCCN=C(N)N.[Y]. The first-order chi connectivity index (χ1) is 19.0. The average Bonchev–Trinajstić information content (AvgIpc) is 2.86. The van der Waals surface area contributed by atoms with Crippen LogP contribution in [0.3, 0.4) is 0 Å². The minimum absolute atomic E-state index is 0. The number of rotatable bonds is 22. The fraction of sp³-hybridized carbons (Fsp3) is 0.708. The molecule has 0 saturated heterocycles. The van der Waals surface area contributed by atoms with Crippen molar-refractivity contribution in [1.82, 2.24) is 16.0 Å². The van der Waals surface area contributed by atoms with E-state index >= 15 is 0 Å². The summed E-state index contributed by atoms with van der Waals surface area (Å²) in [6.45, 7) is 2.76. The van der Waals surface area contributed by atoms with E-state index in [2.05, 4.69) is 30.9 Å². The van der Waals surface area contributed by atoms with Crippen molar-refractivity contribution >= 4 is 41.9 Å². The number of guanidine groups is 3. The first-order valence-electron chi connectivity index (χ1n) is 13.4. The second-order valence-electron chi connectivity index (χ2n) is 9.25. The summed E-state index contributed by atoms with van der Waals surface area (Å²) in [4.78, 5) is 60.5. The fourth-order valence-corrected chi connectivity index (χ4v) is 3.76. The van der Waals surface area contributed by atoms with Gasteiger partial charge in [-0.2, -0.15) is 0 Å². The molecule has 0 aromatic carbocycles. The van der Waals surface area contributed by atoms with Crippen LogP contribution >= 0.6 is 0 Å². The molecule has 0 aromatic heterocycles. The molecule has 0 aliphatic carbocycles. The molecule has 41 heavy (non-hydrogen) atoms. The van der Waals surface area contributed by atoms with Gasteiger partial charge >= 0.3 is 0 Å². The third kappa shape index (κ3) is 24.5. The predicted octanol–water partition coefficient (Wildman–Crippen LogP) is -2.71. The van der Waals surface area contributed by atoms with E-state index in [0.717, 1.165) is 0 Å². The monoisotopic (exact) mass is 656 g/mol. The molecule has 0 unspecified atom stereocenters. The zero-order valence-electron chi connectivity index (χ0n) is 23.9. The van der Waals surface area contributed by atoms with Gasteiger partial charge in [-0.1, -0.05) is 6.92 Å². The van der Waals surface area contributed by atoms with E-state index in [-0.39, 0.29) is 94.0 Å². The molecule has 1 radical (unpaired) electrons. The second kappa shape index (κ2) is 24.8. The van der Waals surface area contributed by atoms with Crippen LogP contribution in [0.2, 0.25) is 0 Å². The Morgan fingerprint density at radius 2 is 0.976 bits per heavy atom. The van der Waals surface area contributed by atoms with E-state index in [1.165, 1.54) is 0 Å². The number of nitrogens with zero attached hydrogens (tertiary/aromatic N) is 3. The summed E-state index contributed by atoms with van der Waals surface area (Å²) in [5, 5.41) is 8.54. The Kier molecular flexibility index (Phi) is 24.2. The molecule has 0 fully saturated rings. The van der Waals surface area contributed by atoms with Crippen molar-refractivity contribution in [3.05, 3.63) is 0 Å². The summed E-state index contributed by atoms with van der Waals surface area (Å²) in [6.07, 6.45) is 5.05. The molecule has 17 heteroatoms. The number of nitrogens with two attached hydrogens (primary N) is 6. The summed E-state index contributed by atoms with van der Waals surface area (Å²) in [7, 11) is 0. The maximum absolute atomic E-state index is 12.9. The Balaban J connectivity index is 0. The number of carbonyl (C=O) groups is 3. The van der Waals surface area contributed by atoms with Gasteiger partial charge in [0, 0.05) is 89.7 Å². The fourth-order valence-electron chi connectivity index (χ4n) is 3.76. The third-order valence-corrected chi connectivity index (χ3v) is 5.63. The molecule has 0 aromatic rings. The van der Waals surface area contributed by atoms with Crippen LogP contribution in [0.1, 0.15) is 71.1 Å². The number of carbonyl (C=O) groups excluding carboxylic acids is 4. The van der Waals surface area contributed by atoms with Gasteiger partial charge in [-0.3, -0.25) is 35.6 Å². The number of nitrogens with one attached hydrogen (secondary N) is 3. The summed E-state index contributed by atoms with van der Waals surface area (Å²) in [5.74, 6) is -0.990. The van der Waals surface area contributed by atoms with E-state index in [0.29, 0.717) is 58.2 Å². The minimum Gasteiger partial charge on any atom is -0.542 e.